The van der Waals surface area contributed by atoms with E-state index in [4.69, 9.17) is 11.6 Å². The first-order chi connectivity index (χ1) is 15.8. The summed E-state index contributed by atoms with van der Waals surface area (Å²) in [6, 6.07) is 18.6. The van der Waals surface area contributed by atoms with E-state index in [0.717, 1.165) is 16.3 Å². The highest BCUT2D eigenvalue weighted by Gasteiger charge is 2.34. The lowest BCUT2D eigenvalue weighted by Gasteiger charge is -2.28. The number of carbonyl (C=O) groups excluding carboxylic acids is 3. The molecule has 3 amide bonds. The Morgan fingerprint density at radius 1 is 1.03 bits per heavy atom. The monoisotopic (exact) mass is 463 g/mol. The summed E-state index contributed by atoms with van der Waals surface area (Å²) in [7, 11) is 0. The van der Waals surface area contributed by atoms with Gasteiger partial charge in [-0.1, -0.05) is 48.0 Å². The predicted octanol–water partition coefficient (Wildman–Crippen LogP) is 4.49. The first kappa shape index (κ1) is 22.8. The van der Waals surface area contributed by atoms with Crippen molar-refractivity contribution in [1.82, 2.24) is 9.80 Å². The first-order valence-corrected chi connectivity index (χ1v) is 11.3. The fourth-order valence-electron chi connectivity index (χ4n) is 4.04. The molecule has 1 aliphatic rings. The molecule has 4 rings (SSSR count). The highest BCUT2D eigenvalue weighted by Crippen LogP contribution is 2.29. The fraction of sp³-hybridized carbons (Fsp3) is 0.269. The quantitative estimate of drug-likeness (QED) is 0.560. The molecule has 1 fully saturated rings. The Hall–Kier alpha value is -3.38. The third kappa shape index (κ3) is 4.57. The van der Waals surface area contributed by atoms with Gasteiger partial charge >= 0.3 is 0 Å². The lowest BCUT2D eigenvalue weighted by molar-refractivity contribution is -0.132. The van der Waals surface area contributed by atoms with Gasteiger partial charge in [0.25, 0.3) is 5.91 Å². The van der Waals surface area contributed by atoms with Crippen LogP contribution in [0, 0.1) is 6.92 Å². The van der Waals surface area contributed by atoms with Crippen LogP contribution in [0.25, 0.3) is 10.8 Å². The maximum absolute atomic E-state index is 13.3. The topological polar surface area (TPSA) is 60.9 Å². The number of nitrogens with zero attached hydrogens (tertiary/aromatic N) is 3. The van der Waals surface area contributed by atoms with Crippen LogP contribution < -0.4 is 4.90 Å². The molecule has 0 bridgehead atoms. The van der Waals surface area contributed by atoms with Crippen molar-refractivity contribution < 1.29 is 14.4 Å². The van der Waals surface area contributed by atoms with Gasteiger partial charge in [0, 0.05) is 22.3 Å². The van der Waals surface area contributed by atoms with E-state index >= 15 is 0 Å². The predicted molar refractivity (Wildman–Crippen MR) is 130 cm³/mol. The second-order valence-corrected chi connectivity index (χ2v) is 8.93. The molecule has 1 heterocycles. The minimum atomic E-state index is -0.270. The maximum atomic E-state index is 13.3. The molecule has 0 aromatic heterocycles. The van der Waals surface area contributed by atoms with E-state index in [2.05, 4.69) is 0 Å². The largest absolute Gasteiger partial charge is 0.327 e. The van der Waals surface area contributed by atoms with Crippen molar-refractivity contribution in [3.05, 3.63) is 76.8 Å². The number of anilines is 1. The van der Waals surface area contributed by atoms with Gasteiger partial charge in [-0.2, -0.15) is 0 Å². The van der Waals surface area contributed by atoms with Crippen molar-refractivity contribution in [1.29, 1.82) is 0 Å². The molecule has 0 aliphatic carbocycles. The molecule has 0 N–H and O–H groups in total. The van der Waals surface area contributed by atoms with Crippen LogP contribution in [0.4, 0.5) is 5.69 Å². The van der Waals surface area contributed by atoms with Crippen LogP contribution in [0.3, 0.4) is 0 Å². The van der Waals surface area contributed by atoms with Crippen molar-refractivity contribution in [3.8, 4) is 0 Å². The Morgan fingerprint density at radius 2 is 1.76 bits per heavy atom. The minimum absolute atomic E-state index is 0.0269. The smallest absolute Gasteiger partial charge is 0.254 e. The molecule has 33 heavy (non-hydrogen) atoms. The standard InChI is InChI=1S/C26H26ClN3O3/c1-17(2)29(26(33)21-12-11-19-7-4-5-8-20(19)13-21)15-24(31)28-14-25(32)30(16-28)23-10-6-9-22(27)18(23)3/h4-13,17H,14-16H2,1-3H3. The molecule has 7 heteroatoms. The number of halogens is 1. The minimum Gasteiger partial charge on any atom is -0.327 e. The summed E-state index contributed by atoms with van der Waals surface area (Å²) in [4.78, 5) is 43.6. The zero-order chi connectivity index (χ0) is 23.7. The van der Waals surface area contributed by atoms with Crippen molar-refractivity contribution in [2.45, 2.75) is 26.8 Å². The summed E-state index contributed by atoms with van der Waals surface area (Å²) in [6.45, 7) is 5.61. The van der Waals surface area contributed by atoms with E-state index in [1.807, 2.05) is 63.2 Å². The number of hydrogen-bond donors (Lipinski definition) is 0. The van der Waals surface area contributed by atoms with Crippen LogP contribution in [0.1, 0.15) is 29.8 Å². The molecule has 0 unspecified atom stereocenters. The van der Waals surface area contributed by atoms with Crippen molar-refractivity contribution in [2.75, 3.05) is 24.7 Å². The van der Waals surface area contributed by atoms with Crippen LogP contribution in [-0.4, -0.2) is 53.3 Å². The molecule has 0 spiro atoms. The molecule has 3 aromatic carbocycles. The summed E-state index contributed by atoms with van der Waals surface area (Å²) in [5.41, 5.74) is 2.01. The van der Waals surface area contributed by atoms with Crippen LogP contribution in [0.5, 0.6) is 0 Å². The average molecular weight is 464 g/mol. The zero-order valence-electron chi connectivity index (χ0n) is 18.9. The molecule has 0 saturated carbocycles. The summed E-state index contributed by atoms with van der Waals surface area (Å²) in [6.07, 6.45) is 0. The number of carbonyl (C=O) groups is 3. The third-order valence-electron chi connectivity index (χ3n) is 6.01. The summed E-state index contributed by atoms with van der Waals surface area (Å²) < 4.78 is 0. The van der Waals surface area contributed by atoms with Gasteiger partial charge in [0.2, 0.25) is 11.8 Å². The van der Waals surface area contributed by atoms with E-state index in [-0.39, 0.29) is 43.5 Å². The van der Waals surface area contributed by atoms with Gasteiger partial charge in [0.05, 0.1) is 0 Å². The van der Waals surface area contributed by atoms with Crippen LogP contribution in [0.2, 0.25) is 5.02 Å². The number of benzene rings is 3. The van der Waals surface area contributed by atoms with E-state index in [9.17, 15) is 14.4 Å². The second kappa shape index (κ2) is 9.24. The van der Waals surface area contributed by atoms with Crippen molar-refractivity contribution in [2.24, 2.45) is 0 Å². The average Bonchev–Trinajstić information content (AvgIpc) is 3.19. The number of rotatable bonds is 5. The maximum Gasteiger partial charge on any atom is 0.254 e. The van der Waals surface area contributed by atoms with Crippen molar-refractivity contribution in [3.63, 3.8) is 0 Å². The normalized spacial score (nSPS) is 13.8. The summed E-state index contributed by atoms with van der Waals surface area (Å²) >= 11 is 6.21. The van der Waals surface area contributed by atoms with E-state index in [1.165, 1.54) is 4.90 Å². The van der Waals surface area contributed by atoms with E-state index in [1.54, 1.807) is 28.0 Å². The van der Waals surface area contributed by atoms with Crippen molar-refractivity contribution >= 4 is 45.8 Å². The lowest BCUT2D eigenvalue weighted by Crippen LogP contribution is -2.45. The van der Waals surface area contributed by atoms with E-state index in [0.29, 0.717) is 16.3 Å². The number of hydrogen-bond acceptors (Lipinski definition) is 3. The summed E-state index contributed by atoms with van der Waals surface area (Å²) in [5.74, 6) is -0.656. The molecular weight excluding hydrogens is 438 g/mol. The van der Waals surface area contributed by atoms with Gasteiger partial charge in [0.15, 0.2) is 0 Å². The van der Waals surface area contributed by atoms with Gasteiger partial charge in [-0.3, -0.25) is 19.3 Å². The zero-order valence-corrected chi connectivity index (χ0v) is 19.7. The third-order valence-corrected chi connectivity index (χ3v) is 6.42. The van der Waals surface area contributed by atoms with Gasteiger partial charge in [0.1, 0.15) is 19.8 Å². The number of amides is 3. The molecule has 0 radical (unpaired) electrons. The molecule has 0 atom stereocenters. The molecule has 1 aliphatic heterocycles. The van der Waals surface area contributed by atoms with Gasteiger partial charge < -0.3 is 9.80 Å². The molecular formula is C26H26ClN3O3. The van der Waals surface area contributed by atoms with E-state index < -0.39 is 0 Å². The molecule has 1 saturated heterocycles. The highest BCUT2D eigenvalue weighted by atomic mass is 35.5. The second-order valence-electron chi connectivity index (χ2n) is 8.53. The van der Waals surface area contributed by atoms with Gasteiger partial charge in [-0.05, 0) is 61.4 Å². The van der Waals surface area contributed by atoms with Crippen LogP contribution in [-0.2, 0) is 9.59 Å². The Morgan fingerprint density at radius 3 is 2.48 bits per heavy atom. The molecule has 6 nitrogen and oxygen atoms in total. The molecule has 170 valence electrons. The van der Waals surface area contributed by atoms with Gasteiger partial charge in [-0.25, -0.2) is 0 Å². The molecule has 3 aromatic rings. The first-order valence-electron chi connectivity index (χ1n) is 10.9. The SMILES string of the molecule is Cc1c(Cl)cccc1N1CN(C(=O)CN(C(=O)c2ccc3ccccc3c2)C(C)C)CC1=O. The Kier molecular flexibility index (Phi) is 6.38. The lowest BCUT2D eigenvalue weighted by atomic mass is 10.1. The van der Waals surface area contributed by atoms with Crippen LogP contribution in [0.15, 0.2) is 60.7 Å². The Bertz CT molecular complexity index is 1240. The summed E-state index contributed by atoms with van der Waals surface area (Å²) in [5, 5.41) is 2.58. The number of fused-ring (bicyclic) bond motifs is 1. The fourth-order valence-corrected chi connectivity index (χ4v) is 4.21. The Labute approximate surface area is 198 Å². The van der Waals surface area contributed by atoms with Crippen LogP contribution >= 0.6 is 11.6 Å². The van der Waals surface area contributed by atoms with Gasteiger partial charge in [-0.15, -0.1) is 0 Å². The highest BCUT2D eigenvalue weighted by molar-refractivity contribution is 6.31. The Balaban J connectivity index is 1.51.